The van der Waals surface area contributed by atoms with Gasteiger partial charge in [-0.05, 0) is 44.0 Å². The molecule has 2 rings (SSSR count). The monoisotopic (exact) mass is 262 g/mol. The van der Waals surface area contributed by atoms with Crippen LogP contribution in [0.4, 0.5) is 5.69 Å². The average molecular weight is 263 g/mol. The fraction of sp³-hybridized carbons (Fsp3) is 0.500. The van der Waals surface area contributed by atoms with Gasteiger partial charge in [-0.15, -0.1) is 24.8 Å². The molecule has 0 saturated carbocycles. The maximum Gasteiger partial charge on any atom is 0.0378 e. The number of hydrogen-bond donors (Lipinski definition) is 2. The molecule has 2 nitrogen and oxygen atoms in total. The van der Waals surface area contributed by atoms with Crippen molar-refractivity contribution in [3.63, 3.8) is 0 Å². The molecule has 4 heteroatoms. The van der Waals surface area contributed by atoms with E-state index in [1.807, 2.05) is 0 Å². The van der Waals surface area contributed by atoms with Gasteiger partial charge in [0.25, 0.3) is 0 Å². The molecule has 0 spiro atoms. The quantitative estimate of drug-likeness (QED) is 0.857. The van der Waals surface area contributed by atoms with Crippen LogP contribution in [0, 0.1) is 0 Å². The summed E-state index contributed by atoms with van der Waals surface area (Å²) in [4.78, 5) is 0. The number of rotatable bonds is 2. The topological polar surface area (TPSA) is 24.1 Å². The van der Waals surface area contributed by atoms with Gasteiger partial charge in [0.15, 0.2) is 0 Å². The fourth-order valence-electron chi connectivity index (χ4n) is 1.98. The molecule has 0 aliphatic carbocycles. The van der Waals surface area contributed by atoms with E-state index in [0.29, 0.717) is 6.04 Å². The lowest BCUT2D eigenvalue weighted by atomic mass is 9.99. The third-order valence-electron chi connectivity index (χ3n) is 2.58. The SMILES string of the molecule is CC(C)Nc1cccc2c1CCNC2.Cl.Cl. The van der Waals surface area contributed by atoms with E-state index in [0.717, 1.165) is 19.5 Å². The second-order valence-corrected chi connectivity index (χ2v) is 4.17. The van der Waals surface area contributed by atoms with Gasteiger partial charge in [-0.1, -0.05) is 12.1 Å². The second-order valence-electron chi connectivity index (χ2n) is 4.17. The van der Waals surface area contributed by atoms with Crippen molar-refractivity contribution in [1.29, 1.82) is 0 Å². The van der Waals surface area contributed by atoms with Gasteiger partial charge in [-0.2, -0.15) is 0 Å². The van der Waals surface area contributed by atoms with E-state index in [4.69, 9.17) is 0 Å². The van der Waals surface area contributed by atoms with Gasteiger partial charge in [-0.3, -0.25) is 0 Å². The summed E-state index contributed by atoms with van der Waals surface area (Å²) in [5.74, 6) is 0. The number of fused-ring (bicyclic) bond motifs is 1. The van der Waals surface area contributed by atoms with Crippen LogP contribution < -0.4 is 10.6 Å². The van der Waals surface area contributed by atoms with Crippen LogP contribution in [-0.2, 0) is 13.0 Å². The Morgan fingerprint density at radius 1 is 1.25 bits per heavy atom. The van der Waals surface area contributed by atoms with Crippen molar-refractivity contribution in [2.45, 2.75) is 32.9 Å². The van der Waals surface area contributed by atoms with Crippen LogP contribution in [-0.4, -0.2) is 12.6 Å². The molecule has 0 fully saturated rings. The molecule has 0 radical (unpaired) electrons. The maximum absolute atomic E-state index is 3.51. The van der Waals surface area contributed by atoms with E-state index < -0.39 is 0 Å². The lowest BCUT2D eigenvalue weighted by Gasteiger charge is -2.22. The average Bonchev–Trinajstić information content (AvgIpc) is 2.18. The van der Waals surface area contributed by atoms with Crippen LogP contribution in [0.2, 0.25) is 0 Å². The minimum Gasteiger partial charge on any atom is -0.383 e. The Bertz CT molecular complexity index is 327. The predicted molar refractivity (Wildman–Crippen MR) is 75.1 cm³/mol. The molecule has 16 heavy (non-hydrogen) atoms. The molecule has 1 aliphatic heterocycles. The summed E-state index contributed by atoms with van der Waals surface area (Å²) < 4.78 is 0. The molecule has 92 valence electrons. The highest BCUT2D eigenvalue weighted by atomic mass is 35.5. The molecule has 0 saturated heterocycles. The summed E-state index contributed by atoms with van der Waals surface area (Å²) in [6.45, 7) is 6.48. The summed E-state index contributed by atoms with van der Waals surface area (Å²) in [5, 5.41) is 6.90. The molecule has 2 N–H and O–H groups in total. The lowest BCUT2D eigenvalue weighted by Crippen LogP contribution is -2.25. The minimum absolute atomic E-state index is 0. The van der Waals surface area contributed by atoms with Crippen LogP contribution in [0.25, 0.3) is 0 Å². The molecule has 0 bridgehead atoms. The zero-order valence-electron chi connectivity index (χ0n) is 9.75. The highest BCUT2D eigenvalue weighted by Crippen LogP contribution is 2.23. The van der Waals surface area contributed by atoms with E-state index >= 15 is 0 Å². The number of hydrogen-bond acceptors (Lipinski definition) is 2. The molecular formula is C12H20Cl2N2. The number of benzene rings is 1. The Balaban J connectivity index is 0.00000112. The van der Waals surface area contributed by atoms with Gasteiger partial charge in [0.2, 0.25) is 0 Å². The van der Waals surface area contributed by atoms with Gasteiger partial charge in [0.1, 0.15) is 0 Å². The smallest absolute Gasteiger partial charge is 0.0378 e. The van der Waals surface area contributed by atoms with Crippen molar-refractivity contribution < 1.29 is 0 Å². The summed E-state index contributed by atoms with van der Waals surface area (Å²) in [6, 6.07) is 7.05. The largest absolute Gasteiger partial charge is 0.383 e. The second kappa shape index (κ2) is 7.00. The molecular weight excluding hydrogens is 243 g/mol. The lowest BCUT2D eigenvalue weighted by molar-refractivity contribution is 0.644. The van der Waals surface area contributed by atoms with Crippen molar-refractivity contribution in [3.8, 4) is 0 Å². The number of halogens is 2. The summed E-state index contributed by atoms with van der Waals surface area (Å²) >= 11 is 0. The number of nitrogens with one attached hydrogen (secondary N) is 2. The van der Waals surface area contributed by atoms with Gasteiger partial charge in [0.05, 0.1) is 0 Å². The van der Waals surface area contributed by atoms with Crippen LogP contribution in [0.5, 0.6) is 0 Å². The summed E-state index contributed by atoms with van der Waals surface area (Å²) in [5.41, 5.74) is 4.26. The molecule has 1 heterocycles. The van der Waals surface area contributed by atoms with Crippen LogP contribution in [0.15, 0.2) is 18.2 Å². The van der Waals surface area contributed by atoms with Crippen molar-refractivity contribution in [3.05, 3.63) is 29.3 Å². The maximum atomic E-state index is 3.51. The Morgan fingerprint density at radius 3 is 2.69 bits per heavy atom. The summed E-state index contributed by atoms with van der Waals surface area (Å²) in [6.07, 6.45) is 1.14. The molecule has 0 aromatic heterocycles. The molecule has 1 aromatic rings. The Hall–Kier alpha value is -0.440. The van der Waals surface area contributed by atoms with Crippen LogP contribution in [0.3, 0.4) is 0 Å². The third kappa shape index (κ3) is 3.55. The normalized spacial score (nSPS) is 13.4. The molecule has 0 amide bonds. The zero-order valence-corrected chi connectivity index (χ0v) is 11.4. The zero-order chi connectivity index (χ0) is 9.97. The fourth-order valence-corrected chi connectivity index (χ4v) is 1.98. The van der Waals surface area contributed by atoms with Crippen LogP contribution >= 0.6 is 24.8 Å². The summed E-state index contributed by atoms with van der Waals surface area (Å²) in [7, 11) is 0. The van der Waals surface area contributed by atoms with E-state index in [1.54, 1.807) is 0 Å². The first kappa shape index (κ1) is 15.6. The van der Waals surface area contributed by atoms with Crippen molar-refractivity contribution >= 4 is 30.5 Å². The Morgan fingerprint density at radius 2 is 2.00 bits per heavy atom. The molecule has 0 unspecified atom stereocenters. The van der Waals surface area contributed by atoms with Gasteiger partial charge in [0, 0.05) is 18.3 Å². The standard InChI is InChI=1S/C12H18N2.2ClH/c1-9(2)14-12-5-3-4-10-8-13-7-6-11(10)12;;/h3-5,9,13-14H,6-8H2,1-2H3;2*1H. The van der Waals surface area contributed by atoms with Gasteiger partial charge in [-0.25, -0.2) is 0 Å². The van der Waals surface area contributed by atoms with Crippen LogP contribution in [0.1, 0.15) is 25.0 Å². The Kier molecular flexibility index (Phi) is 6.81. The highest BCUT2D eigenvalue weighted by molar-refractivity contribution is 5.85. The van der Waals surface area contributed by atoms with Crippen molar-refractivity contribution in [1.82, 2.24) is 5.32 Å². The van der Waals surface area contributed by atoms with E-state index in [2.05, 4.69) is 42.7 Å². The number of anilines is 1. The molecule has 0 atom stereocenters. The Labute approximate surface area is 110 Å². The first-order valence-corrected chi connectivity index (χ1v) is 5.35. The minimum atomic E-state index is 0. The van der Waals surface area contributed by atoms with Crippen molar-refractivity contribution in [2.24, 2.45) is 0 Å². The van der Waals surface area contributed by atoms with E-state index in [1.165, 1.54) is 16.8 Å². The van der Waals surface area contributed by atoms with Crippen molar-refractivity contribution in [2.75, 3.05) is 11.9 Å². The third-order valence-corrected chi connectivity index (χ3v) is 2.58. The predicted octanol–water partition coefficient (Wildman–Crippen LogP) is 3.00. The van der Waals surface area contributed by atoms with E-state index in [9.17, 15) is 0 Å². The molecule has 1 aliphatic rings. The first-order valence-electron chi connectivity index (χ1n) is 5.35. The highest BCUT2D eigenvalue weighted by Gasteiger charge is 2.12. The van der Waals surface area contributed by atoms with E-state index in [-0.39, 0.29) is 24.8 Å². The first-order chi connectivity index (χ1) is 6.77. The van der Waals surface area contributed by atoms with Gasteiger partial charge < -0.3 is 10.6 Å². The molecule has 1 aromatic carbocycles. The van der Waals surface area contributed by atoms with Gasteiger partial charge >= 0.3 is 0 Å².